The second kappa shape index (κ2) is 15.3. The Hall–Kier alpha value is -1.55. The predicted octanol–water partition coefficient (Wildman–Crippen LogP) is 7.16. The summed E-state index contributed by atoms with van der Waals surface area (Å²) in [6.07, 6.45) is 16.2. The Labute approximate surface area is 183 Å². The van der Waals surface area contributed by atoms with Gasteiger partial charge in [0.25, 0.3) is 0 Å². The number of carbonyl (C=O) groups is 1. The van der Waals surface area contributed by atoms with Gasteiger partial charge < -0.3 is 14.2 Å². The molecule has 1 saturated carbocycles. The average molecular weight is 419 g/mol. The van der Waals surface area contributed by atoms with E-state index in [0.29, 0.717) is 6.42 Å². The van der Waals surface area contributed by atoms with E-state index < -0.39 is 0 Å². The summed E-state index contributed by atoms with van der Waals surface area (Å²) < 4.78 is 16.5. The number of hydrogen-bond donors (Lipinski definition) is 0. The van der Waals surface area contributed by atoms with Crippen molar-refractivity contribution >= 4 is 5.97 Å². The molecule has 170 valence electrons. The van der Waals surface area contributed by atoms with Crippen molar-refractivity contribution in [2.75, 3.05) is 13.9 Å². The summed E-state index contributed by atoms with van der Waals surface area (Å²) in [6, 6.07) is 8.14. The maximum absolute atomic E-state index is 12.4. The summed E-state index contributed by atoms with van der Waals surface area (Å²) in [5.41, 5.74) is 1.20. The third-order valence-corrected chi connectivity index (χ3v) is 6.10. The van der Waals surface area contributed by atoms with Crippen molar-refractivity contribution in [3.8, 4) is 5.75 Å². The Kier molecular flexibility index (Phi) is 12.6. The van der Waals surface area contributed by atoms with Crippen LogP contribution in [0.3, 0.4) is 0 Å². The highest BCUT2D eigenvalue weighted by molar-refractivity contribution is 5.69. The van der Waals surface area contributed by atoms with E-state index in [1.165, 1.54) is 56.9 Å². The van der Waals surface area contributed by atoms with E-state index in [4.69, 9.17) is 14.2 Å². The lowest BCUT2D eigenvalue weighted by Gasteiger charge is -2.31. The maximum atomic E-state index is 12.4. The lowest BCUT2D eigenvalue weighted by atomic mass is 9.81. The van der Waals surface area contributed by atoms with E-state index in [9.17, 15) is 4.79 Å². The molecule has 0 aliphatic heterocycles. The van der Waals surface area contributed by atoms with Crippen LogP contribution in [0.2, 0.25) is 0 Å². The van der Waals surface area contributed by atoms with Gasteiger partial charge in [0, 0.05) is 19.4 Å². The highest BCUT2D eigenvalue weighted by Crippen LogP contribution is 2.36. The molecule has 2 unspecified atom stereocenters. The van der Waals surface area contributed by atoms with E-state index in [1.807, 2.05) is 12.1 Å². The fraction of sp³-hybridized carbons (Fsp3) is 0.731. The fourth-order valence-corrected chi connectivity index (χ4v) is 4.39. The lowest BCUT2D eigenvalue weighted by Crippen LogP contribution is -2.28. The first kappa shape index (κ1) is 24.7. The minimum absolute atomic E-state index is 0.0116. The molecule has 0 saturated heterocycles. The summed E-state index contributed by atoms with van der Waals surface area (Å²) in [7, 11) is 1.62. The molecule has 0 spiro atoms. The molecule has 1 fully saturated rings. The fourth-order valence-electron chi connectivity index (χ4n) is 4.39. The van der Waals surface area contributed by atoms with Crippen molar-refractivity contribution in [1.29, 1.82) is 0 Å². The van der Waals surface area contributed by atoms with Crippen molar-refractivity contribution in [1.82, 2.24) is 0 Å². The maximum Gasteiger partial charge on any atom is 0.306 e. The highest BCUT2D eigenvalue weighted by atomic mass is 16.7. The minimum Gasteiger partial charge on any atom is -0.468 e. The molecular formula is C26H42O4. The number of unbranched alkanes of at least 4 members (excludes halogenated alkanes) is 8. The van der Waals surface area contributed by atoms with E-state index in [1.54, 1.807) is 7.11 Å². The van der Waals surface area contributed by atoms with Crippen molar-refractivity contribution < 1.29 is 19.0 Å². The third kappa shape index (κ3) is 9.51. The average Bonchev–Trinajstić information content (AvgIpc) is 2.77. The molecule has 30 heavy (non-hydrogen) atoms. The number of ether oxygens (including phenoxy) is 3. The normalized spacial score (nSPS) is 18.9. The molecule has 1 aromatic carbocycles. The van der Waals surface area contributed by atoms with Crippen LogP contribution >= 0.6 is 0 Å². The van der Waals surface area contributed by atoms with Gasteiger partial charge in [0.15, 0.2) is 6.79 Å². The Morgan fingerprint density at radius 1 is 0.967 bits per heavy atom. The Morgan fingerprint density at radius 2 is 1.67 bits per heavy atom. The quantitative estimate of drug-likeness (QED) is 0.172. The van der Waals surface area contributed by atoms with E-state index >= 15 is 0 Å². The Balaban J connectivity index is 1.71. The monoisotopic (exact) mass is 418 g/mol. The van der Waals surface area contributed by atoms with Gasteiger partial charge in [-0.05, 0) is 43.4 Å². The summed E-state index contributed by atoms with van der Waals surface area (Å²) >= 11 is 0. The largest absolute Gasteiger partial charge is 0.468 e. The molecule has 2 atom stereocenters. The van der Waals surface area contributed by atoms with Crippen LogP contribution in [0.25, 0.3) is 0 Å². The number of benzene rings is 1. The smallest absolute Gasteiger partial charge is 0.306 e. The topological polar surface area (TPSA) is 44.8 Å². The molecule has 1 aliphatic carbocycles. The van der Waals surface area contributed by atoms with Gasteiger partial charge >= 0.3 is 5.97 Å². The molecule has 1 aliphatic rings. The molecule has 4 nitrogen and oxygen atoms in total. The molecule has 0 bridgehead atoms. The SMILES string of the molecule is CCCCCCCCCCCC(=O)OC1CCCCC1c1cccc(OCOC)c1. The summed E-state index contributed by atoms with van der Waals surface area (Å²) in [6.45, 7) is 2.49. The van der Waals surface area contributed by atoms with Crippen molar-refractivity contribution in [2.45, 2.75) is 109 Å². The highest BCUT2D eigenvalue weighted by Gasteiger charge is 2.29. The molecular weight excluding hydrogens is 376 g/mol. The van der Waals surface area contributed by atoms with Gasteiger partial charge in [-0.25, -0.2) is 0 Å². The number of carbonyl (C=O) groups excluding carboxylic acids is 1. The van der Waals surface area contributed by atoms with E-state index in [-0.39, 0.29) is 24.8 Å². The van der Waals surface area contributed by atoms with Crippen molar-refractivity contribution in [2.24, 2.45) is 0 Å². The molecule has 1 aromatic rings. The van der Waals surface area contributed by atoms with Gasteiger partial charge in [0.2, 0.25) is 0 Å². The molecule has 0 N–H and O–H groups in total. The van der Waals surface area contributed by atoms with E-state index in [2.05, 4.69) is 19.1 Å². The zero-order valence-electron chi connectivity index (χ0n) is 19.2. The zero-order chi connectivity index (χ0) is 21.4. The van der Waals surface area contributed by atoms with Crippen LogP contribution in [0.1, 0.15) is 108 Å². The molecule has 4 heteroatoms. The van der Waals surface area contributed by atoms with Crippen LogP contribution in [0.5, 0.6) is 5.75 Å². The number of hydrogen-bond acceptors (Lipinski definition) is 4. The first-order valence-corrected chi connectivity index (χ1v) is 12.2. The third-order valence-electron chi connectivity index (χ3n) is 6.10. The first-order chi connectivity index (χ1) is 14.7. The van der Waals surface area contributed by atoms with Gasteiger partial charge in [-0.3, -0.25) is 4.79 Å². The summed E-state index contributed by atoms with van der Waals surface area (Å²) in [5, 5.41) is 0. The molecule has 2 rings (SSSR count). The van der Waals surface area contributed by atoms with Crippen LogP contribution in [-0.4, -0.2) is 26.0 Å². The van der Waals surface area contributed by atoms with Crippen molar-refractivity contribution in [3.05, 3.63) is 29.8 Å². The van der Waals surface area contributed by atoms with Gasteiger partial charge in [-0.2, -0.15) is 0 Å². The van der Waals surface area contributed by atoms with Gasteiger partial charge in [0.05, 0.1) is 0 Å². The minimum atomic E-state index is -0.0263. The molecule has 0 amide bonds. The summed E-state index contributed by atoms with van der Waals surface area (Å²) in [4.78, 5) is 12.4. The molecule has 0 aromatic heterocycles. The van der Waals surface area contributed by atoms with Crippen LogP contribution < -0.4 is 4.74 Å². The Bertz CT molecular complexity index is 586. The first-order valence-electron chi connectivity index (χ1n) is 12.2. The van der Waals surface area contributed by atoms with Crippen LogP contribution in [0.4, 0.5) is 0 Å². The lowest BCUT2D eigenvalue weighted by molar-refractivity contribution is -0.151. The number of methoxy groups -OCH3 is 1. The second-order valence-corrected chi connectivity index (χ2v) is 8.62. The van der Waals surface area contributed by atoms with Crippen LogP contribution in [0.15, 0.2) is 24.3 Å². The molecule has 0 heterocycles. The van der Waals surface area contributed by atoms with Gasteiger partial charge in [-0.15, -0.1) is 0 Å². The van der Waals surface area contributed by atoms with Crippen LogP contribution in [0, 0.1) is 0 Å². The van der Waals surface area contributed by atoms with Crippen LogP contribution in [-0.2, 0) is 14.3 Å². The van der Waals surface area contributed by atoms with Crippen molar-refractivity contribution in [3.63, 3.8) is 0 Å². The number of esters is 1. The second-order valence-electron chi connectivity index (χ2n) is 8.62. The van der Waals surface area contributed by atoms with E-state index in [0.717, 1.165) is 37.9 Å². The molecule has 0 radical (unpaired) electrons. The van der Waals surface area contributed by atoms with Gasteiger partial charge in [-0.1, -0.05) is 76.8 Å². The Morgan fingerprint density at radius 3 is 2.40 bits per heavy atom. The predicted molar refractivity (Wildman–Crippen MR) is 122 cm³/mol. The zero-order valence-corrected chi connectivity index (χ0v) is 19.2. The number of rotatable bonds is 15. The summed E-state index contributed by atoms with van der Waals surface area (Å²) in [5.74, 6) is 1.04. The van der Waals surface area contributed by atoms with Gasteiger partial charge in [0.1, 0.15) is 11.9 Å². The standard InChI is InChI=1S/C26H42O4/c1-3-4-5-6-7-8-9-10-11-19-26(27)30-25-18-13-12-17-24(25)22-15-14-16-23(20-22)29-21-28-2/h14-16,20,24-25H,3-13,17-19,21H2,1-2H3.